The van der Waals surface area contributed by atoms with E-state index in [2.05, 4.69) is 46.4 Å². The van der Waals surface area contributed by atoms with E-state index in [0.717, 1.165) is 34.3 Å². The van der Waals surface area contributed by atoms with Crippen molar-refractivity contribution in [1.82, 2.24) is 15.0 Å². The molecule has 27 heavy (non-hydrogen) atoms. The van der Waals surface area contributed by atoms with Gasteiger partial charge in [0.05, 0.1) is 21.4 Å². The molecule has 1 aliphatic rings. The summed E-state index contributed by atoms with van der Waals surface area (Å²) in [6.07, 6.45) is 6.72. The zero-order valence-corrected chi connectivity index (χ0v) is 15.6. The fraction of sp³-hybridized carbons (Fsp3) is 0.182. The highest BCUT2D eigenvalue weighted by molar-refractivity contribution is 7.22. The molecule has 6 rings (SSSR count). The zero-order chi connectivity index (χ0) is 18.0. The first-order chi connectivity index (χ1) is 13.3. The summed E-state index contributed by atoms with van der Waals surface area (Å²) in [5.41, 5.74) is 14.3. The minimum Gasteiger partial charge on any atom is -0.375 e. The lowest BCUT2D eigenvalue weighted by Gasteiger charge is -2.22. The molecule has 0 unspecified atom stereocenters. The molecule has 0 atom stereocenters. The van der Waals surface area contributed by atoms with E-state index in [1.165, 1.54) is 57.2 Å². The Labute approximate surface area is 160 Å². The Kier molecular flexibility index (Phi) is 3.11. The number of benzene rings is 2. The van der Waals surface area contributed by atoms with Crippen LogP contribution in [-0.4, -0.2) is 15.0 Å². The van der Waals surface area contributed by atoms with Crippen molar-refractivity contribution < 1.29 is 0 Å². The molecular formula is C22H18N4S. The lowest BCUT2D eigenvalue weighted by atomic mass is 9.85. The summed E-state index contributed by atoms with van der Waals surface area (Å²) < 4.78 is 1.12. The van der Waals surface area contributed by atoms with Gasteiger partial charge in [-0.2, -0.15) is 0 Å². The van der Waals surface area contributed by atoms with Gasteiger partial charge in [0, 0.05) is 28.0 Å². The van der Waals surface area contributed by atoms with Gasteiger partial charge < -0.3 is 10.7 Å². The molecule has 0 amide bonds. The van der Waals surface area contributed by atoms with Crippen LogP contribution in [0.25, 0.3) is 43.3 Å². The van der Waals surface area contributed by atoms with Crippen LogP contribution in [0.4, 0.5) is 5.13 Å². The fourth-order valence-electron chi connectivity index (χ4n) is 4.49. The van der Waals surface area contributed by atoms with Gasteiger partial charge in [0.15, 0.2) is 5.13 Å². The summed E-state index contributed by atoms with van der Waals surface area (Å²) in [6, 6.07) is 12.9. The summed E-state index contributed by atoms with van der Waals surface area (Å²) in [7, 11) is 0. The van der Waals surface area contributed by atoms with Crippen LogP contribution in [0.2, 0.25) is 0 Å². The number of thiazole rings is 1. The van der Waals surface area contributed by atoms with Crippen molar-refractivity contribution in [3.8, 4) is 11.3 Å². The third-order valence-corrected chi connectivity index (χ3v) is 6.53. The number of nitrogens with one attached hydrogen (secondary N) is 1. The number of aryl methyl sites for hydroxylation is 1. The number of pyridine rings is 1. The van der Waals surface area contributed by atoms with Crippen LogP contribution in [0, 0.1) is 0 Å². The standard InChI is InChI=1S/C22H18N4S/c23-22-26-17-6-5-12(11-19(17)27-22)21-14-4-2-1-3-13(14)20-15-9-10-24-16(15)7-8-18(20)25-21/h5-11,24H,1-4H2,(H2,23,26). The van der Waals surface area contributed by atoms with Crippen LogP contribution < -0.4 is 5.73 Å². The largest absolute Gasteiger partial charge is 0.375 e. The van der Waals surface area contributed by atoms with Gasteiger partial charge in [-0.3, -0.25) is 0 Å². The maximum absolute atomic E-state index is 5.90. The Balaban J connectivity index is 1.69. The van der Waals surface area contributed by atoms with E-state index in [1.54, 1.807) is 0 Å². The van der Waals surface area contributed by atoms with Crippen LogP contribution in [0.15, 0.2) is 42.6 Å². The topological polar surface area (TPSA) is 67.6 Å². The Morgan fingerprint density at radius 3 is 2.70 bits per heavy atom. The molecule has 0 bridgehead atoms. The molecule has 0 saturated heterocycles. The van der Waals surface area contributed by atoms with Crippen molar-refractivity contribution in [2.45, 2.75) is 25.7 Å². The number of H-pyrrole nitrogens is 1. The van der Waals surface area contributed by atoms with Gasteiger partial charge in [0.25, 0.3) is 0 Å². The van der Waals surface area contributed by atoms with E-state index >= 15 is 0 Å². The summed E-state index contributed by atoms with van der Waals surface area (Å²) in [5, 5.41) is 3.23. The summed E-state index contributed by atoms with van der Waals surface area (Å²) in [6.45, 7) is 0. The van der Waals surface area contributed by atoms with Crippen molar-refractivity contribution in [3.05, 3.63) is 53.7 Å². The van der Waals surface area contributed by atoms with Gasteiger partial charge in [0.2, 0.25) is 0 Å². The summed E-state index contributed by atoms with van der Waals surface area (Å²) in [4.78, 5) is 12.9. The maximum atomic E-state index is 5.90. The van der Waals surface area contributed by atoms with E-state index in [0.29, 0.717) is 5.13 Å². The second kappa shape index (κ2) is 5.54. The zero-order valence-electron chi connectivity index (χ0n) is 14.7. The molecule has 0 radical (unpaired) electrons. The van der Waals surface area contributed by atoms with Crippen molar-refractivity contribution in [2.24, 2.45) is 0 Å². The number of anilines is 1. The maximum Gasteiger partial charge on any atom is 0.181 e. The fourth-order valence-corrected chi connectivity index (χ4v) is 5.26. The van der Waals surface area contributed by atoms with Crippen LogP contribution in [0.5, 0.6) is 0 Å². The summed E-state index contributed by atoms with van der Waals surface area (Å²) >= 11 is 1.54. The van der Waals surface area contributed by atoms with E-state index < -0.39 is 0 Å². The number of aromatic amines is 1. The van der Waals surface area contributed by atoms with E-state index in [-0.39, 0.29) is 0 Å². The lowest BCUT2D eigenvalue weighted by Crippen LogP contribution is -2.07. The average molecular weight is 370 g/mol. The van der Waals surface area contributed by atoms with Gasteiger partial charge in [-0.15, -0.1) is 0 Å². The molecule has 3 aromatic heterocycles. The number of hydrogen-bond acceptors (Lipinski definition) is 4. The molecule has 0 saturated carbocycles. The molecule has 1 aliphatic carbocycles. The van der Waals surface area contributed by atoms with Crippen LogP contribution in [0.3, 0.4) is 0 Å². The number of fused-ring (bicyclic) bond motifs is 6. The first kappa shape index (κ1) is 15.2. The van der Waals surface area contributed by atoms with E-state index in [9.17, 15) is 0 Å². The second-order valence-corrected chi connectivity index (χ2v) is 8.32. The molecular weight excluding hydrogens is 352 g/mol. The Morgan fingerprint density at radius 2 is 1.78 bits per heavy atom. The predicted octanol–water partition coefficient (Wildman–Crippen LogP) is 5.45. The Hall–Kier alpha value is -2.92. The second-order valence-electron chi connectivity index (χ2n) is 7.26. The number of nitrogens with two attached hydrogens (primary N) is 1. The molecule has 0 fully saturated rings. The van der Waals surface area contributed by atoms with Crippen molar-refractivity contribution in [1.29, 1.82) is 0 Å². The molecule has 5 heteroatoms. The highest BCUT2D eigenvalue weighted by atomic mass is 32.1. The minimum atomic E-state index is 0.616. The average Bonchev–Trinajstić information content (AvgIpc) is 3.31. The predicted molar refractivity (Wildman–Crippen MR) is 113 cm³/mol. The van der Waals surface area contributed by atoms with E-state index in [1.807, 2.05) is 6.20 Å². The first-order valence-electron chi connectivity index (χ1n) is 9.36. The monoisotopic (exact) mass is 370 g/mol. The van der Waals surface area contributed by atoms with Gasteiger partial charge in [-0.1, -0.05) is 17.4 Å². The van der Waals surface area contributed by atoms with Gasteiger partial charge >= 0.3 is 0 Å². The number of rotatable bonds is 1. The minimum absolute atomic E-state index is 0.616. The molecule has 2 aromatic carbocycles. The first-order valence-corrected chi connectivity index (χ1v) is 10.2. The Bertz CT molecular complexity index is 1350. The number of nitrogen functional groups attached to an aromatic ring is 1. The van der Waals surface area contributed by atoms with Gasteiger partial charge in [-0.25, -0.2) is 9.97 Å². The van der Waals surface area contributed by atoms with Crippen molar-refractivity contribution >= 4 is 48.5 Å². The third-order valence-electron chi connectivity index (χ3n) is 5.68. The molecule has 0 aliphatic heterocycles. The number of hydrogen-bond donors (Lipinski definition) is 2. The smallest absolute Gasteiger partial charge is 0.181 e. The molecule has 132 valence electrons. The van der Waals surface area contributed by atoms with Gasteiger partial charge in [0.1, 0.15) is 0 Å². The highest BCUT2D eigenvalue weighted by Crippen LogP contribution is 2.39. The Morgan fingerprint density at radius 1 is 0.926 bits per heavy atom. The molecule has 3 heterocycles. The van der Waals surface area contributed by atoms with Crippen LogP contribution in [0.1, 0.15) is 24.0 Å². The summed E-state index contributed by atoms with van der Waals surface area (Å²) in [5.74, 6) is 0. The lowest BCUT2D eigenvalue weighted by molar-refractivity contribution is 0.689. The third kappa shape index (κ3) is 2.21. The van der Waals surface area contributed by atoms with Crippen LogP contribution >= 0.6 is 11.3 Å². The van der Waals surface area contributed by atoms with Crippen molar-refractivity contribution in [2.75, 3.05) is 5.73 Å². The van der Waals surface area contributed by atoms with E-state index in [4.69, 9.17) is 10.7 Å². The van der Waals surface area contributed by atoms with Gasteiger partial charge in [-0.05, 0) is 67.1 Å². The number of aromatic nitrogens is 3. The molecule has 4 nitrogen and oxygen atoms in total. The molecule has 0 spiro atoms. The van der Waals surface area contributed by atoms with Crippen molar-refractivity contribution in [3.63, 3.8) is 0 Å². The molecule has 5 aromatic rings. The SMILES string of the molecule is Nc1nc2ccc(-c3nc4ccc5[nH]ccc5c4c4c3CCCC4)cc2s1. The normalized spacial score (nSPS) is 14.2. The highest BCUT2D eigenvalue weighted by Gasteiger charge is 2.21. The van der Waals surface area contributed by atoms with Crippen LogP contribution in [-0.2, 0) is 12.8 Å². The number of nitrogens with zero attached hydrogens (tertiary/aromatic N) is 2. The molecule has 3 N–H and O–H groups in total. The quantitative estimate of drug-likeness (QED) is 0.412.